The van der Waals surface area contributed by atoms with Crippen LogP contribution in [0.1, 0.15) is 18.5 Å². The molecule has 0 spiro atoms. The average Bonchev–Trinajstić information content (AvgIpc) is 2.87. The molecule has 2 aliphatic heterocycles. The first-order valence-electron chi connectivity index (χ1n) is 6.61. The molecule has 1 fully saturated rings. The van der Waals surface area contributed by atoms with Gasteiger partial charge in [0.05, 0.1) is 30.2 Å². The Morgan fingerprint density at radius 3 is 2.73 bits per heavy atom. The Labute approximate surface area is 137 Å². The second-order valence-electron chi connectivity index (χ2n) is 4.89. The molecular weight excluding hydrogens is 324 g/mol. The summed E-state index contributed by atoms with van der Waals surface area (Å²) in [5, 5.41) is 1.21. The van der Waals surface area contributed by atoms with Crippen molar-refractivity contribution in [3.63, 3.8) is 0 Å². The number of hydrogen-bond donors (Lipinski definition) is 0. The van der Waals surface area contributed by atoms with Crippen LogP contribution < -0.4 is 0 Å². The Morgan fingerprint density at radius 2 is 2.09 bits per heavy atom. The minimum Gasteiger partial charge on any atom is -0.466 e. The van der Waals surface area contributed by atoms with E-state index < -0.39 is 12.0 Å². The van der Waals surface area contributed by atoms with Gasteiger partial charge in [0.2, 0.25) is 5.91 Å². The predicted molar refractivity (Wildman–Crippen MR) is 85.6 cm³/mol. The van der Waals surface area contributed by atoms with Gasteiger partial charge in [-0.2, -0.15) is 0 Å². The summed E-state index contributed by atoms with van der Waals surface area (Å²) in [7, 11) is 1.32. The lowest BCUT2D eigenvalue weighted by Crippen LogP contribution is -2.39. The number of esters is 1. The third-order valence-corrected chi connectivity index (χ3v) is 4.76. The van der Waals surface area contributed by atoms with Crippen LogP contribution in [0.5, 0.6) is 0 Å². The Kier molecular flexibility index (Phi) is 3.97. The minimum atomic E-state index is -0.528. The topological polar surface area (TPSA) is 59.0 Å². The van der Waals surface area contributed by atoms with Crippen LogP contribution in [0.15, 0.2) is 40.5 Å². The molecule has 3 rings (SSSR count). The fourth-order valence-electron chi connectivity index (χ4n) is 2.57. The van der Waals surface area contributed by atoms with E-state index in [-0.39, 0.29) is 5.91 Å². The summed E-state index contributed by atoms with van der Waals surface area (Å²) < 4.78 is 4.88. The van der Waals surface area contributed by atoms with Crippen molar-refractivity contribution < 1.29 is 14.3 Å². The molecule has 1 saturated heterocycles. The first-order chi connectivity index (χ1) is 10.5. The lowest BCUT2D eigenvalue weighted by Gasteiger charge is -2.32. The fourth-order valence-corrected chi connectivity index (χ4v) is 3.64. The van der Waals surface area contributed by atoms with Crippen molar-refractivity contribution in [2.45, 2.75) is 13.0 Å². The summed E-state index contributed by atoms with van der Waals surface area (Å²) in [5.41, 5.74) is 1.75. The Hall–Kier alpha value is -1.79. The largest absolute Gasteiger partial charge is 0.466 e. The standard InChI is InChI=1S/C15H13ClN2O3S/c1-8-12(14(20)21-2)13(9-3-5-10(16)6-4-9)18-11(19)7-22-15(18)17-8/h3-6,13H,7H2,1-2H3/t13-/m0/s1. The van der Waals surface area contributed by atoms with Gasteiger partial charge in [0.1, 0.15) is 0 Å². The molecule has 0 saturated carbocycles. The molecule has 1 aromatic rings. The number of amides is 1. The molecule has 0 N–H and O–H groups in total. The number of amidine groups is 1. The number of thioether (sulfide) groups is 1. The van der Waals surface area contributed by atoms with E-state index in [4.69, 9.17) is 16.3 Å². The molecule has 2 aliphatic rings. The molecule has 1 aromatic carbocycles. The molecule has 22 heavy (non-hydrogen) atoms. The maximum Gasteiger partial charge on any atom is 0.338 e. The van der Waals surface area contributed by atoms with Crippen LogP contribution in [0.4, 0.5) is 0 Å². The van der Waals surface area contributed by atoms with E-state index in [0.29, 0.717) is 27.2 Å². The Bertz CT molecular complexity index is 712. The van der Waals surface area contributed by atoms with Crippen LogP contribution in [0.2, 0.25) is 5.02 Å². The molecule has 5 nitrogen and oxygen atoms in total. The summed E-state index contributed by atoms with van der Waals surface area (Å²) in [6.07, 6.45) is 0. The van der Waals surface area contributed by atoms with Gasteiger partial charge in [0.15, 0.2) is 5.17 Å². The van der Waals surface area contributed by atoms with Gasteiger partial charge >= 0.3 is 5.97 Å². The highest BCUT2D eigenvalue weighted by atomic mass is 35.5. The third kappa shape index (κ3) is 2.42. The predicted octanol–water partition coefficient (Wildman–Crippen LogP) is 2.77. The van der Waals surface area contributed by atoms with E-state index in [1.807, 2.05) is 12.1 Å². The number of halogens is 1. The monoisotopic (exact) mass is 336 g/mol. The molecule has 0 bridgehead atoms. The number of nitrogens with zero attached hydrogens (tertiary/aromatic N) is 2. The Morgan fingerprint density at radius 1 is 1.41 bits per heavy atom. The summed E-state index contributed by atoms with van der Waals surface area (Å²) in [6.45, 7) is 1.75. The first-order valence-corrected chi connectivity index (χ1v) is 7.97. The van der Waals surface area contributed by atoms with Crippen molar-refractivity contribution in [3.05, 3.63) is 46.1 Å². The fraction of sp³-hybridized carbons (Fsp3) is 0.267. The van der Waals surface area contributed by atoms with Crippen molar-refractivity contribution in [2.75, 3.05) is 12.9 Å². The minimum absolute atomic E-state index is 0.0717. The van der Waals surface area contributed by atoms with E-state index >= 15 is 0 Å². The molecule has 114 valence electrons. The molecule has 1 atom stereocenters. The molecule has 2 heterocycles. The van der Waals surface area contributed by atoms with Crippen molar-refractivity contribution in [3.8, 4) is 0 Å². The zero-order chi connectivity index (χ0) is 15.9. The molecular formula is C15H13ClN2O3S. The number of fused-ring (bicyclic) bond motifs is 1. The van der Waals surface area contributed by atoms with Gasteiger partial charge in [0, 0.05) is 5.02 Å². The van der Waals surface area contributed by atoms with E-state index in [2.05, 4.69) is 4.99 Å². The lowest BCUT2D eigenvalue weighted by molar-refractivity contribution is -0.137. The van der Waals surface area contributed by atoms with Gasteiger partial charge in [0.25, 0.3) is 0 Å². The first kappa shape index (κ1) is 15.1. The number of carbonyl (C=O) groups is 2. The van der Waals surface area contributed by atoms with Gasteiger partial charge in [-0.25, -0.2) is 9.79 Å². The highest BCUT2D eigenvalue weighted by Crippen LogP contribution is 2.41. The number of rotatable bonds is 2. The second-order valence-corrected chi connectivity index (χ2v) is 6.27. The Balaban J connectivity index is 2.16. The van der Waals surface area contributed by atoms with Gasteiger partial charge in [-0.15, -0.1) is 0 Å². The number of hydrogen-bond acceptors (Lipinski definition) is 5. The van der Waals surface area contributed by atoms with E-state index in [9.17, 15) is 9.59 Å². The number of allylic oxidation sites excluding steroid dienone is 1. The average molecular weight is 337 g/mol. The summed E-state index contributed by atoms with van der Waals surface area (Å²) >= 11 is 7.31. The van der Waals surface area contributed by atoms with Gasteiger partial charge in [-0.05, 0) is 24.6 Å². The SMILES string of the molecule is COC(=O)C1=C(C)N=C2SCC(=O)N2[C@H]1c1ccc(Cl)cc1. The van der Waals surface area contributed by atoms with Gasteiger partial charge in [-0.3, -0.25) is 9.69 Å². The maximum absolute atomic E-state index is 12.2. The molecule has 1 amide bonds. The number of carbonyl (C=O) groups excluding carboxylic acids is 2. The molecule has 0 radical (unpaired) electrons. The van der Waals surface area contributed by atoms with Crippen LogP contribution >= 0.6 is 23.4 Å². The van der Waals surface area contributed by atoms with Crippen LogP contribution in [-0.2, 0) is 14.3 Å². The van der Waals surface area contributed by atoms with Gasteiger partial charge in [-0.1, -0.05) is 35.5 Å². The van der Waals surface area contributed by atoms with Crippen molar-refractivity contribution >= 4 is 40.4 Å². The molecule has 0 aromatic heterocycles. The lowest BCUT2D eigenvalue weighted by atomic mass is 9.94. The zero-order valence-electron chi connectivity index (χ0n) is 12.0. The van der Waals surface area contributed by atoms with Crippen molar-refractivity contribution in [1.29, 1.82) is 0 Å². The molecule has 0 unspecified atom stereocenters. The quantitative estimate of drug-likeness (QED) is 0.779. The number of aliphatic imine (C=N–C) groups is 1. The number of benzene rings is 1. The van der Waals surface area contributed by atoms with E-state index in [1.165, 1.54) is 18.9 Å². The summed E-state index contributed by atoms with van der Waals surface area (Å²) in [6, 6.07) is 6.56. The van der Waals surface area contributed by atoms with Crippen LogP contribution in [0.3, 0.4) is 0 Å². The number of ether oxygens (including phenoxy) is 1. The summed E-state index contributed by atoms with van der Waals surface area (Å²) in [5.74, 6) is -0.229. The molecule has 7 heteroatoms. The van der Waals surface area contributed by atoms with Gasteiger partial charge < -0.3 is 4.74 Å². The van der Waals surface area contributed by atoms with Crippen molar-refractivity contribution in [1.82, 2.24) is 4.90 Å². The smallest absolute Gasteiger partial charge is 0.338 e. The normalized spacial score (nSPS) is 20.9. The number of methoxy groups -OCH3 is 1. The van der Waals surface area contributed by atoms with E-state index in [0.717, 1.165) is 5.56 Å². The highest BCUT2D eigenvalue weighted by molar-refractivity contribution is 8.15. The molecule has 0 aliphatic carbocycles. The second kappa shape index (κ2) is 5.78. The van der Waals surface area contributed by atoms with E-state index in [1.54, 1.807) is 24.0 Å². The van der Waals surface area contributed by atoms with Crippen LogP contribution in [0.25, 0.3) is 0 Å². The zero-order valence-corrected chi connectivity index (χ0v) is 13.6. The highest BCUT2D eigenvalue weighted by Gasteiger charge is 2.43. The van der Waals surface area contributed by atoms with Crippen LogP contribution in [-0.4, -0.2) is 34.8 Å². The van der Waals surface area contributed by atoms with Crippen LogP contribution in [0, 0.1) is 0 Å². The summed E-state index contributed by atoms with van der Waals surface area (Å²) in [4.78, 5) is 30.4. The maximum atomic E-state index is 12.2. The third-order valence-electron chi connectivity index (χ3n) is 3.58. The van der Waals surface area contributed by atoms with Crippen molar-refractivity contribution in [2.24, 2.45) is 4.99 Å².